The van der Waals surface area contributed by atoms with E-state index in [1.807, 2.05) is 18.7 Å². The second kappa shape index (κ2) is 7.99. The van der Waals surface area contributed by atoms with Crippen molar-refractivity contribution in [3.63, 3.8) is 0 Å². The van der Waals surface area contributed by atoms with E-state index >= 15 is 0 Å². The molecule has 0 atom stereocenters. The lowest BCUT2D eigenvalue weighted by Crippen LogP contribution is -2.58. The highest BCUT2D eigenvalue weighted by atomic mass is 16.2. The van der Waals surface area contributed by atoms with E-state index in [4.69, 9.17) is 5.73 Å². The molecule has 1 amide bonds. The number of nitrogens with zero attached hydrogens (tertiary/aromatic N) is 2. The molecule has 0 aromatic carbocycles. The predicted octanol–water partition coefficient (Wildman–Crippen LogP) is 2.08. The van der Waals surface area contributed by atoms with Crippen molar-refractivity contribution < 1.29 is 4.79 Å². The Morgan fingerprint density at radius 3 is 2.10 bits per heavy atom. The van der Waals surface area contributed by atoms with E-state index < -0.39 is 0 Å². The molecule has 118 valence electrons. The topological polar surface area (TPSA) is 49.6 Å². The second-order valence-corrected chi connectivity index (χ2v) is 6.19. The van der Waals surface area contributed by atoms with Gasteiger partial charge in [-0.05, 0) is 52.0 Å². The van der Waals surface area contributed by atoms with Gasteiger partial charge in [-0.15, -0.1) is 0 Å². The van der Waals surface area contributed by atoms with Gasteiger partial charge in [0, 0.05) is 25.2 Å². The summed E-state index contributed by atoms with van der Waals surface area (Å²) in [5.74, 6) is 1.04. The Balaban J connectivity index is 2.74. The van der Waals surface area contributed by atoms with Crippen molar-refractivity contribution in [1.29, 1.82) is 0 Å². The first-order valence-electron chi connectivity index (χ1n) is 8.25. The minimum absolute atomic E-state index is 0.0457. The van der Waals surface area contributed by atoms with Crippen molar-refractivity contribution in [2.45, 2.75) is 58.9 Å². The minimum Gasteiger partial charge on any atom is -0.342 e. The van der Waals surface area contributed by atoms with Crippen LogP contribution < -0.4 is 5.73 Å². The molecule has 1 aliphatic carbocycles. The molecular weight excluding hydrogens is 250 g/mol. The summed E-state index contributed by atoms with van der Waals surface area (Å²) in [7, 11) is 0. The molecule has 1 aliphatic rings. The molecule has 20 heavy (non-hydrogen) atoms. The molecule has 0 bridgehead atoms. The van der Waals surface area contributed by atoms with Crippen molar-refractivity contribution in [3.8, 4) is 0 Å². The quantitative estimate of drug-likeness (QED) is 0.778. The first-order chi connectivity index (χ1) is 9.52. The first-order valence-corrected chi connectivity index (χ1v) is 8.25. The number of rotatable bonds is 7. The van der Waals surface area contributed by atoms with Crippen LogP contribution in [0.25, 0.3) is 0 Å². The summed E-state index contributed by atoms with van der Waals surface area (Å²) in [6, 6.07) is 0. The molecule has 0 heterocycles. The number of carbonyl (C=O) groups excluding carboxylic acids is 1. The van der Waals surface area contributed by atoms with Gasteiger partial charge in [-0.1, -0.05) is 13.8 Å². The standard InChI is InChI=1S/C16H33N3O/c1-5-18(6-2)15(20)12-19(7-3)16(13-17)10-8-14(4)9-11-16/h14H,5-13,17H2,1-4H3. The van der Waals surface area contributed by atoms with E-state index in [1.54, 1.807) is 0 Å². The fourth-order valence-electron chi connectivity index (χ4n) is 3.40. The van der Waals surface area contributed by atoms with E-state index in [1.165, 1.54) is 12.8 Å². The monoisotopic (exact) mass is 283 g/mol. The van der Waals surface area contributed by atoms with Crippen molar-refractivity contribution >= 4 is 5.91 Å². The maximum Gasteiger partial charge on any atom is 0.236 e. The summed E-state index contributed by atoms with van der Waals surface area (Å²) >= 11 is 0. The summed E-state index contributed by atoms with van der Waals surface area (Å²) in [4.78, 5) is 16.6. The van der Waals surface area contributed by atoms with Crippen molar-refractivity contribution in [2.75, 3.05) is 32.7 Å². The van der Waals surface area contributed by atoms with Gasteiger partial charge in [0.05, 0.1) is 6.54 Å². The smallest absolute Gasteiger partial charge is 0.236 e. The van der Waals surface area contributed by atoms with Gasteiger partial charge in [0.2, 0.25) is 5.91 Å². The van der Waals surface area contributed by atoms with Crippen LogP contribution in [0.1, 0.15) is 53.4 Å². The Labute approximate surface area is 124 Å². The van der Waals surface area contributed by atoms with Gasteiger partial charge in [0.1, 0.15) is 0 Å². The Hall–Kier alpha value is -0.610. The Bertz CT molecular complexity index is 294. The summed E-state index contributed by atoms with van der Waals surface area (Å²) < 4.78 is 0. The maximum atomic E-state index is 12.4. The van der Waals surface area contributed by atoms with E-state index in [2.05, 4.69) is 18.7 Å². The molecule has 4 heteroatoms. The van der Waals surface area contributed by atoms with Gasteiger partial charge >= 0.3 is 0 Å². The zero-order valence-electron chi connectivity index (χ0n) is 13.8. The molecular formula is C16H33N3O. The minimum atomic E-state index is 0.0457. The van der Waals surface area contributed by atoms with Crippen LogP contribution in [0, 0.1) is 5.92 Å². The molecule has 1 saturated carbocycles. The Morgan fingerprint density at radius 1 is 1.15 bits per heavy atom. The number of likely N-dealkylation sites (N-methyl/N-ethyl adjacent to an activating group) is 2. The number of nitrogens with two attached hydrogens (primary N) is 1. The molecule has 2 N–H and O–H groups in total. The molecule has 0 aromatic heterocycles. The predicted molar refractivity (Wildman–Crippen MR) is 84.6 cm³/mol. The molecule has 0 saturated heterocycles. The Kier molecular flexibility index (Phi) is 6.96. The molecule has 0 unspecified atom stereocenters. The van der Waals surface area contributed by atoms with Crippen molar-refractivity contribution in [1.82, 2.24) is 9.80 Å². The van der Waals surface area contributed by atoms with E-state index in [0.29, 0.717) is 13.1 Å². The summed E-state index contributed by atoms with van der Waals surface area (Å²) in [5.41, 5.74) is 6.16. The van der Waals surface area contributed by atoms with Gasteiger partial charge in [0.15, 0.2) is 0 Å². The zero-order valence-corrected chi connectivity index (χ0v) is 13.8. The van der Waals surface area contributed by atoms with Gasteiger partial charge in [-0.3, -0.25) is 9.69 Å². The normalized spacial score (nSPS) is 26.8. The fraction of sp³-hybridized carbons (Fsp3) is 0.938. The highest BCUT2D eigenvalue weighted by Gasteiger charge is 2.38. The average Bonchev–Trinajstić information content (AvgIpc) is 2.47. The van der Waals surface area contributed by atoms with Gasteiger partial charge in [-0.25, -0.2) is 0 Å². The summed E-state index contributed by atoms with van der Waals surface area (Å²) in [6.45, 7) is 12.2. The maximum absolute atomic E-state index is 12.4. The lowest BCUT2D eigenvalue weighted by Gasteiger charge is -2.47. The summed E-state index contributed by atoms with van der Waals surface area (Å²) in [5, 5.41) is 0. The third-order valence-electron chi connectivity index (χ3n) is 5.08. The lowest BCUT2D eigenvalue weighted by molar-refractivity contribution is -0.134. The lowest BCUT2D eigenvalue weighted by atomic mass is 9.76. The largest absolute Gasteiger partial charge is 0.342 e. The third-order valence-corrected chi connectivity index (χ3v) is 5.08. The number of amides is 1. The second-order valence-electron chi connectivity index (χ2n) is 6.19. The van der Waals surface area contributed by atoms with Crippen LogP contribution in [0.5, 0.6) is 0 Å². The Morgan fingerprint density at radius 2 is 1.70 bits per heavy atom. The van der Waals surface area contributed by atoms with E-state index in [0.717, 1.165) is 38.4 Å². The van der Waals surface area contributed by atoms with Crippen LogP contribution in [0.4, 0.5) is 0 Å². The van der Waals surface area contributed by atoms with E-state index in [-0.39, 0.29) is 11.4 Å². The zero-order chi connectivity index (χ0) is 15.2. The number of hydrogen-bond acceptors (Lipinski definition) is 3. The van der Waals surface area contributed by atoms with Gasteiger partial charge < -0.3 is 10.6 Å². The van der Waals surface area contributed by atoms with Crippen LogP contribution in [-0.2, 0) is 4.79 Å². The van der Waals surface area contributed by atoms with E-state index in [9.17, 15) is 4.79 Å². The molecule has 1 rings (SSSR count). The average molecular weight is 283 g/mol. The van der Waals surface area contributed by atoms with Crippen LogP contribution >= 0.6 is 0 Å². The van der Waals surface area contributed by atoms with Crippen LogP contribution in [-0.4, -0.2) is 54.0 Å². The molecule has 0 aliphatic heterocycles. The van der Waals surface area contributed by atoms with Crippen molar-refractivity contribution in [3.05, 3.63) is 0 Å². The molecule has 0 aromatic rings. The first kappa shape index (κ1) is 17.4. The number of carbonyl (C=O) groups is 1. The molecule has 0 radical (unpaired) electrons. The molecule has 4 nitrogen and oxygen atoms in total. The van der Waals surface area contributed by atoms with Crippen molar-refractivity contribution in [2.24, 2.45) is 11.7 Å². The van der Waals surface area contributed by atoms with Gasteiger partial charge in [-0.2, -0.15) is 0 Å². The highest BCUT2D eigenvalue weighted by Crippen LogP contribution is 2.35. The molecule has 0 spiro atoms. The highest BCUT2D eigenvalue weighted by molar-refractivity contribution is 5.78. The van der Waals surface area contributed by atoms with Crippen LogP contribution in [0.2, 0.25) is 0 Å². The fourth-order valence-corrected chi connectivity index (χ4v) is 3.40. The van der Waals surface area contributed by atoms with Gasteiger partial charge in [0.25, 0.3) is 0 Å². The van der Waals surface area contributed by atoms with Crippen LogP contribution in [0.3, 0.4) is 0 Å². The summed E-state index contributed by atoms with van der Waals surface area (Å²) in [6.07, 6.45) is 4.72. The van der Waals surface area contributed by atoms with Crippen LogP contribution in [0.15, 0.2) is 0 Å². The third kappa shape index (κ3) is 3.95. The SMILES string of the molecule is CCN(CC)C(=O)CN(CC)C1(CN)CCC(C)CC1. The number of hydrogen-bond donors (Lipinski definition) is 1. The molecule has 1 fully saturated rings.